The Kier molecular flexibility index (Phi) is 4.26. The van der Waals surface area contributed by atoms with Gasteiger partial charge in [0.1, 0.15) is 12.4 Å². The minimum Gasteiger partial charge on any atom is -0.460 e. The smallest absolute Gasteiger partial charge is 0.332 e. The number of hydrogen-bond donors (Lipinski definition) is 0. The quantitative estimate of drug-likeness (QED) is 0.652. The fraction of sp³-hybridized carbons (Fsp3) is 0.235. The van der Waals surface area contributed by atoms with Gasteiger partial charge in [0, 0.05) is 19.7 Å². The van der Waals surface area contributed by atoms with Gasteiger partial charge in [0.05, 0.1) is 6.54 Å². The summed E-state index contributed by atoms with van der Waals surface area (Å²) in [5.41, 5.74) is -0.282. The van der Waals surface area contributed by atoms with E-state index in [9.17, 15) is 14.0 Å². The predicted molar refractivity (Wildman–Crippen MR) is 91.4 cm³/mol. The molecule has 2 aromatic heterocycles. The van der Waals surface area contributed by atoms with Gasteiger partial charge in [-0.3, -0.25) is 18.5 Å². The molecule has 0 spiro atoms. The van der Waals surface area contributed by atoms with Gasteiger partial charge in [-0.2, -0.15) is 4.98 Å². The van der Waals surface area contributed by atoms with Crippen LogP contribution < -0.4 is 16.0 Å². The molecule has 0 saturated carbocycles. The average molecular weight is 344 g/mol. The molecule has 8 heteroatoms. The molecule has 130 valence electrons. The normalized spacial score (nSPS) is 11.0. The number of benzene rings is 1. The molecule has 0 aliphatic heterocycles. The number of halogens is 1. The second kappa shape index (κ2) is 6.39. The first-order valence-corrected chi connectivity index (χ1v) is 7.59. The molecule has 0 aliphatic carbocycles. The Labute approximate surface area is 142 Å². The van der Waals surface area contributed by atoms with Crippen LogP contribution in [0.1, 0.15) is 5.56 Å². The summed E-state index contributed by atoms with van der Waals surface area (Å²) in [6.45, 7) is 3.78. The van der Waals surface area contributed by atoms with Crippen molar-refractivity contribution in [3.05, 3.63) is 69.1 Å². The van der Waals surface area contributed by atoms with Gasteiger partial charge < -0.3 is 4.74 Å². The van der Waals surface area contributed by atoms with Crippen LogP contribution in [0, 0.1) is 5.82 Å². The molecule has 0 fully saturated rings. The zero-order valence-corrected chi connectivity index (χ0v) is 13.9. The molecule has 2 heterocycles. The summed E-state index contributed by atoms with van der Waals surface area (Å²) in [6.07, 6.45) is 1.53. The fourth-order valence-electron chi connectivity index (χ4n) is 2.61. The second-order valence-corrected chi connectivity index (χ2v) is 5.55. The topological polar surface area (TPSA) is 71.1 Å². The highest BCUT2D eigenvalue weighted by Gasteiger charge is 2.20. The lowest BCUT2D eigenvalue weighted by molar-refractivity contribution is 0.320. The van der Waals surface area contributed by atoms with Crippen LogP contribution in [0.25, 0.3) is 11.2 Å². The van der Waals surface area contributed by atoms with E-state index in [1.54, 1.807) is 18.2 Å². The summed E-state index contributed by atoms with van der Waals surface area (Å²) in [7, 11) is 2.90. The number of imidazole rings is 1. The molecule has 0 unspecified atom stereocenters. The summed E-state index contributed by atoms with van der Waals surface area (Å²) < 4.78 is 23.3. The van der Waals surface area contributed by atoms with E-state index in [4.69, 9.17) is 4.74 Å². The first-order chi connectivity index (χ1) is 12.0. The van der Waals surface area contributed by atoms with Crippen molar-refractivity contribution < 1.29 is 9.13 Å². The molecule has 25 heavy (non-hydrogen) atoms. The predicted octanol–water partition coefficient (Wildman–Crippen LogP) is 1.19. The van der Waals surface area contributed by atoms with Crippen LogP contribution in [0.4, 0.5) is 4.39 Å². The fourth-order valence-corrected chi connectivity index (χ4v) is 2.61. The van der Waals surface area contributed by atoms with E-state index in [1.165, 1.54) is 35.4 Å². The molecule has 0 saturated heterocycles. The molecule has 3 rings (SSSR count). The van der Waals surface area contributed by atoms with Gasteiger partial charge in [-0.15, -0.1) is 0 Å². The van der Waals surface area contributed by atoms with E-state index < -0.39 is 17.1 Å². The van der Waals surface area contributed by atoms with Crippen LogP contribution in [0.2, 0.25) is 0 Å². The third-order valence-corrected chi connectivity index (χ3v) is 3.93. The summed E-state index contributed by atoms with van der Waals surface area (Å²) in [6, 6.07) is 6.37. The van der Waals surface area contributed by atoms with E-state index >= 15 is 0 Å². The first-order valence-electron chi connectivity index (χ1n) is 7.59. The minimum absolute atomic E-state index is 0.0447. The van der Waals surface area contributed by atoms with Crippen LogP contribution in [0.15, 0.2) is 46.5 Å². The van der Waals surface area contributed by atoms with Crippen molar-refractivity contribution in [1.82, 2.24) is 18.7 Å². The van der Waals surface area contributed by atoms with Gasteiger partial charge in [0.25, 0.3) is 11.6 Å². The molecule has 0 radical (unpaired) electrons. The Morgan fingerprint density at radius 2 is 1.96 bits per heavy atom. The van der Waals surface area contributed by atoms with Crippen molar-refractivity contribution in [1.29, 1.82) is 0 Å². The van der Waals surface area contributed by atoms with Gasteiger partial charge in [0.2, 0.25) is 0 Å². The first kappa shape index (κ1) is 16.7. The van der Waals surface area contributed by atoms with E-state index in [0.29, 0.717) is 5.56 Å². The SMILES string of the molecule is C=CCOc1nc2c(c(=O)n(C)c(=O)n2C)n1Cc1ccccc1F. The average Bonchev–Trinajstić information content (AvgIpc) is 2.96. The number of rotatable bonds is 5. The third-order valence-electron chi connectivity index (χ3n) is 3.93. The maximum Gasteiger partial charge on any atom is 0.332 e. The number of aryl methyl sites for hydroxylation is 1. The van der Waals surface area contributed by atoms with Crippen molar-refractivity contribution in [3.63, 3.8) is 0 Å². The molecule has 0 aliphatic rings. The van der Waals surface area contributed by atoms with Crippen molar-refractivity contribution in [2.45, 2.75) is 6.54 Å². The molecule has 3 aromatic rings. The van der Waals surface area contributed by atoms with Crippen molar-refractivity contribution in [3.8, 4) is 6.01 Å². The molecule has 0 N–H and O–H groups in total. The lowest BCUT2D eigenvalue weighted by Crippen LogP contribution is -2.37. The molecule has 0 bridgehead atoms. The Balaban J connectivity index is 2.30. The number of hydrogen-bond acceptors (Lipinski definition) is 4. The summed E-state index contributed by atoms with van der Waals surface area (Å²) in [5, 5.41) is 0. The zero-order chi connectivity index (χ0) is 18.1. The van der Waals surface area contributed by atoms with E-state index in [1.807, 2.05) is 0 Å². The number of aromatic nitrogens is 4. The van der Waals surface area contributed by atoms with Crippen molar-refractivity contribution >= 4 is 11.2 Å². The van der Waals surface area contributed by atoms with Crippen molar-refractivity contribution in [2.75, 3.05) is 6.61 Å². The monoisotopic (exact) mass is 344 g/mol. The van der Waals surface area contributed by atoms with Gasteiger partial charge >= 0.3 is 5.69 Å². The van der Waals surface area contributed by atoms with E-state index in [0.717, 1.165) is 4.57 Å². The highest BCUT2D eigenvalue weighted by molar-refractivity contribution is 5.72. The lowest BCUT2D eigenvalue weighted by atomic mass is 10.2. The lowest BCUT2D eigenvalue weighted by Gasteiger charge is -2.10. The van der Waals surface area contributed by atoms with Gasteiger partial charge in [-0.25, -0.2) is 9.18 Å². The number of nitrogens with zero attached hydrogens (tertiary/aromatic N) is 4. The maximum absolute atomic E-state index is 14.1. The van der Waals surface area contributed by atoms with Crippen LogP contribution >= 0.6 is 0 Å². The highest BCUT2D eigenvalue weighted by atomic mass is 19.1. The standard InChI is InChI=1S/C17H17FN4O3/c1-4-9-25-16-19-14-13(15(23)21(3)17(24)20(14)2)22(16)10-11-7-5-6-8-12(11)18/h4-8H,1,9-10H2,2-3H3. The largest absolute Gasteiger partial charge is 0.460 e. The molecule has 0 atom stereocenters. The number of ether oxygens (including phenoxy) is 1. The molecular weight excluding hydrogens is 327 g/mol. The second-order valence-electron chi connectivity index (χ2n) is 5.55. The van der Waals surface area contributed by atoms with E-state index in [-0.39, 0.29) is 30.3 Å². The van der Waals surface area contributed by atoms with Crippen LogP contribution in [-0.4, -0.2) is 25.3 Å². The van der Waals surface area contributed by atoms with E-state index in [2.05, 4.69) is 11.6 Å². The summed E-state index contributed by atoms with van der Waals surface area (Å²) in [4.78, 5) is 29.0. The number of fused-ring (bicyclic) bond motifs is 1. The Hall–Kier alpha value is -3.16. The van der Waals surface area contributed by atoms with Crippen molar-refractivity contribution in [2.24, 2.45) is 14.1 Å². The highest BCUT2D eigenvalue weighted by Crippen LogP contribution is 2.20. The molecular formula is C17H17FN4O3. The minimum atomic E-state index is -0.518. The Morgan fingerprint density at radius 1 is 1.24 bits per heavy atom. The Bertz CT molecular complexity index is 1080. The van der Waals surface area contributed by atoms with Gasteiger partial charge in [-0.05, 0) is 6.07 Å². The zero-order valence-electron chi connectivity index (χ0n) is 13.9. The molecule has 0 amide bonds. The summed E-state index contributed by atoms with van der Waals surface area (Å²) in [5.74, 6) is -0.402. The van der Waals surface area contributed by atoms with Gasteiger partial charge in [-0.1, -0.05) is 30.9 Å². The summed E-state index contributed by atoms with van der Waals surface area (Å²) >= 11 is 0. The van der Waals surface area contributed by atoms with Crippen LogP contribution in [0.5, 0.6) is 6.01 Å². The Morgan fingerprint density at radius 3 is 2.64 bits per heavy atom. The third kappa shape index (κ3) is 2.75. The van der Waals surface area contributed by atoms with Gasteiger partial charge in [0.15, 0.2) is 11.2 Å². The maximum atomic E-state index is 14.1. The molecule has 1 aromatic carbocycles. The van der Waals surface area contributed by atoms with Crippen LogP contribution in [-0.2, 0) is 20.6 Å². The van der Waals surface area contributed by atoms with Crippen LogP contribution in [0.3, 0.4) is 0 Å². The molecule has 7 nitrogen and oxygen atoms in total.